The minimum atomic E-state index is -1.56. The third-order valence-electron chi connectivity index (χ3n) is 4.01. The van der Waals surface area contributed by atoms with Crippen LogP contribution in [0, 0.1) is 0 Å². The molecule has 1 amide bonds. The molecule has 2 aromatic rings. The number of carbonyl (C=O) groups excluding carboxylic acids is 1. The molecule has 0 aliphatic carbocycles. The largest absolute Gasteiger partial charge is 0.493 e. The van der Waals surface area contributed by atoms with Gasteiger partial charge in [0, 0.05) is 5.02 Å². The molecule has 138 valence electrons. The quantitative estimate of drug-likeness (QED) is 0.737. The van der Waals surface area contributed by atoms with Crippen LogP contribution in [0.1, 0.15) is 18.9 Å². The van der Waals surface area contributed by atoms with Crippen LogP contribution in [0.5, 0.6) is 11.5 Å². The zero-order chi connectivity index (χ0) is 19.2. The van der Waals surface area contributed by atoms with Gasteiger partial charge in [-0.25, -0.2) is 4.79 Å². The molecule has 0 saturated carbocycles. The molecule has 0 aliphatic rings. The molecule has 0 radical (unpaired) electrons. The van der Waals surface area contributed by atoms with Gasteiger partial charge in [-0.05, 0) is 36.2 Å². The molecule has 0 aliphatic heterocycles. The first-order valence-electron chi connectivity index (χ1n) is 7.99. The van der Waals surface area contributed by atoms with Crippen molar-refractivity contribution in [3.8, 4) is 11.5 Å². The van der Waals surface area contributed by atoms with E-state index in [2.05, 4.69) is 5.32 Å². The van der Waals surface area contributed by atoms with Gasteiger partial charge in [0.05, 0.1) is 7.11 Å². The van der Waals surface area contributed by atoms with Crippen LogP contribution >= 0.6 is 11.6 Å². The van der Waals surface area contributed by atoms with E-state index in [4.69, 9.17) is 21.1 Å². The number of ether oxygens (including phenoxy) is 2. The lowest BCUT2D eigenvalue weighted by Crippen LogP contribution is -2.52. The maximum absolute atomic E-state index is 12.4. The van der Waals surface area contributed by atoms with Crippen LogP contribution in [0.25, 0.3) is 0 Å². The number of benzene rings is 2. The van der Waals surface area contributed by atoms with Gasteiger partial charge in [0.15, 0.2) is 23.6 Å². The second kappa shape index (κ2) is 8.58. The molecule has 0 fully saturated rings. The molecular formula is C19H20ClNO5. The molecule has 2 rings (SSSR count). The number of amides is 1. The highest BCUT2D eigenvalue weighted by molar-refractivity contribution is 6.30. The fraction of sp³-hybridized carbons (Fsp3) is 0.263. The zero-order valence-electron chi connectivity index (χ0n) is 14.5. The molecule has 2 N–H and O–H groups in total. The molecule has 0 aromatic heterocycles. The summed E-state index contributed by atoms with van der Waals surface area (Å²) in [4.78, 5) is 24.3. The van der Waals surface area contributed by atoms with E-state index < -0.39 is 17.4 Å². The second-order valence-corrected chi connectivity index (χ2v) is 6.00. The van der Waals surface area contributed by atoms with Gasteiger partial charge in [0.1, 0.15) is 0 Å². The van der Waals surface area contributed by atoms with E-state index in [-0.39, 0.29) is 13.0 Å². The molecular weight excluding hydrogens is 358 g/mol. The third kappa shape index (κ3) is 4.26. The molecule has 2 aromatic carbocycles. The third-order valence-corrected chi connectivity index (χ3v) is 4.27. The van der Waals surface area contributed by atoms with E-state index in [1.807, 2.05) is 0 Å². The Balaban J connectivity index is 2.16. The van der Waals surface area contributed by atoms with Crippen LogP contribution in [0.15, 0.2) is 48.5 Å². The number of aliphatic carboxylic acids is 1. The molecule has 7 heteroatoms. The SMILES string of the molecule is CCC(NC(=O)COc1ccccc1OC)(C(=O)O)c1ccc(Cl)cc1. The molecule has 26 heavy (non-hydrogen) atoms. The van der Waals surface area contributed by atoms with Crippen LogP contribution < -0.4 is 14.8 Å². The number of carboxylic acids is 1. The summed E-state index contributed by atoms with van der Waals surface area (Å²) in [6.07, 6.45) is 0.157. The van der Waals surface area contributed by atoms with Crippen LogP contribution in [0.3, 0.4) is 0 Å². The first kappa shape index (κ1) is 19.6. The van der Waals surface area contributed by atoms with E-state index in [0.717, 1.165) is 0 Å². The fourth-order valence-electron chi connectivity index (χ4n) is 2.58. The fourth-order valence-corrected chi connectivity index (χ4v) is 2.71. The summed E-state index contributed by atoms with van der Waals surface area (Å²) in [5.41, 5.74) is -1.13. The normalized spacial score (nSPS) is 12.7. The number of para-hydroxylation sites is 2. The van der Waals surface area contributed by atoms with Gasteiger partial charge in [-0.15, -0.1) is 0 Å². The van der Waals surface area contributed by atoms with Crippen LogP contribution in [-0.4, -0.2) is 30.7 Å². The number of hydrogen-bond donors (Lipinski definition) is 2. The van der Waals surface area contributed by atoms with Crippen molar-refractivity contribution in [2.45, 2.75) is 18.9 Å². The van der Waals surface area contributed by atoms with Crippen LogP contribution in [0.4, 0.5) is 0 Å². The number of carbonyl (C=O) groups is 2. The maximum Gasteiger partial charge on any atom is 0.334 e. The first-order valence-corrected chi connectivity index (χ1v) is 8.37. The molecule has 0 bridgehead atoms. The van der Waals surface area contributed by atoms with Crippen molar-refractivity contribution in [3.05, 3.63) is 59.1 Å². The van der Waals surface area contributed by atoms with Crippen molar-refractivity contribution in [2.24, 2.45) is 0 Å². The number of hydrogen-bond acceptors (Lipinski definition) is 4. The molecule has 1 unspecified atom stereocenters. The Kier molecular flexibility index (Phi) is 6.46. The Morgan fingerprint density at radius 3 is 2.27 bits per heavy atom. The predicted octanol–water partition coefficient (Wildman–Crippen LogP) is 3.23. The second-order valence-electron chi connectivity index (χ2n) is 5.56. The predicted molar refractivity (Wildman–Crippen MR) is 97.7 cm³/mol. The van der Waals surface area contributed by atoms with Crippen molar-refractivity contribution in [3.63, 3.8) is 0 Å². The lowest BCUT2D eigenvalue weighted by molar-refractivity contribution is -0.148. The van der Waals surface area contributed by atoms with Gasteiger partial charge < -0.3 is 19.9 Å². The van der Waals surface area contributed by atoms with E-state index in [1.165, 1.54) is 7.11 Å². The monoisotopic (exact) mass is 377 g/mol. The first-order chi connectivity index (χ1) is 12.4. The van der Waals surface area contributed by atoms with E-state index in [1.54, 1.807) is 55.5 Å². The standard InChI is InChI=1S/C19H20ClNO5/c1-3-19(18(23)24,13-8-10-14(20)11-9-13)21-17(22)12-26-16-7-5-4-6-15(16)25-2/h4-11H,3,12H2,1-2H3,(H,21,22)(H,23,24). The van der Waals surface area contributed by atoms with Gasteiger partial charge in [-0.3, -0.25) is 4.79 Å². The number of carboxylic acid groups (broad SMARTS) is 1. The van der Waals surface area contributed by atoms with Crippen molar-refractivity contribution in [1.82, 2.24) is 5.32 Å². The zero-order valence-corrected chi connectivity index (χ0v) is 15.2. The molecule has 6 nitrogen and oxygen atoms in total. The number of rotatable bonds is 8. The molecule has 0 spiro atoms. The Bertz CT molecular complexity index is 778. The van der Waals surface area contributed by atoms with Gasteiger partial charge in [-0.1, -0.05) is 42.8 Å². The van der Waals surface area contributed by atoms with Gasteiger partial charge in [0.2, 0.25) is 0 Å². The van der Waals surface area contributed by atoms with Gasteiger partial charge in [0.25, 0.3) is 5.91 Å². The highest BCUT2D eigenvalue weighted by Gasteiger charge is 2.40. The van der Waals surface area contributed by atoms with E-state index in [0.29, 0.717) is 22.1 Å². The number of methoxy groups -OCH3 is 1. The number of nitrogens with one attached hydrogen (secondary N) is 1. The molecule has 0 saturated heterocycles. The Hall–Kier alpha value is -2.73. The van der Waals surface area contributed by atoms with Gasteiger partial charge in [-0.2, -0.15) is 0 Å². The average Bonchev–Trinajstić information content (AvgIpc) is 2.65. The van der Waals surface area contributed by atoms with Crippen molar-refractivity contribution in [1.29, 1.82) is 0 Å². The minimum Gasteiger partial charge on any atom is -0.493 e. The highest BCUT2D eigenvalue weighted by atomic mass is 35.5. The van der Waals surface area contributed by atoms with Crippen molar-refractivity contribution in [2.75, 3.05) is 13.7 Å². The summed E-state index contributed by atoms with van der Waals surface area (Å²) >= 11 is 5.87. The topological polar surface area (TPSA) is 84.9 Å². The Morgan fingerprint density at radius 2 is 1.73 bits per heavy atom. The van der Waals surface area contributed by atoms with Crippen molar-refractivity contribution >= 4 is 23.5 Å². The smallest absolute Gasteiger partial charge is 0.334 e. The summed E-state index contributed by atoms with van der Waals surface area (Å²) in [5, 5.41) is 12.8. The van der Waals surface area contributed by atoms with Crippen molar-refractivity contribution < 1.29 is 24.2 Å². The maximum atomic E-state index is 12.4. The highest BCUT2D eigenvalue weighted by Crippen LogP contribution is 2.28. The number of halogens is 1. The summed E-state index contributed by atoms with van der Waals surface area (Å²) in [6, 6.07) is 13.2. The summed E-state index contributed by atoms with van der Waals surface area (Å²) < 4.78 is 10.6. The van der Waals surface area contributed by atoms with E-state index >= 15 is 0 Å². The minimum absolute atomic E-state index is 0.157. The van der Waals surface area contributed by atoms with Crippen LogP contribution in [0.2, 0.25) is 5.02 Å². The molecule has 1 atom stereocenters. The lowest BCUT2D eigenvalue weighted by atomic mass is 9.87. The lowest BCUT2D eigenvalue weighted by Gasteiger charge is -2.30. The van der Waals surface area contributed by atoms with Gasteiger partial charge >= 0.3 is 5.97 Å². The van der Waals surface area contributed by atoms with Crippen LogP contribution in [-0.2, 0) is 15.1 Å². The molecule has 0 heterocycles. The summed E-state index contributed by atoms with van der Waals surface area (Å²) in [5.74, 6) is -0.838. The Labute approximate surface area is 156 Å². The summed E-state index contributed by atoms with van der Waals surface area (Å²) in [6.45, 7) is 1.34. The Morgan fingerprint density at radius 1 is 1.12 bits per heavy atom. The summed E-state index contributed by atoms with van der Waals surface area (Å²) in [7, 11) is 1.50. The van der Waals surface area contributed by atoms with E-state index in [9.17, 15) is 14.7 Å². The average molecular weight is 378 g/mol.